The highest BCUT2D eigenvalue weighted by molar-refractivity contribution is 5.97. The topological polar surface area (TPSA) is 95.0 Å². The SMILES string of the molecule is Cn1ccc(CC2=N[N-][N+](=c3nnn(C)[nH]3)[N-]2)c1. The van der Waals surface area contributed by atoms with Crippen molar-refractivity contribution in [1.82, 2.24) is 29.6 Å². The van der Waals surface area contributed by atoms with E-state index in [1.807, 2.05) is 30.1 Å². The Morgan fingerprint density at radius 2 is 2.33 bits per heavy atom. The van der Waals surface area contributed by atoms with Gasteiger partial charge in [-0.15, -0.1) is 4.80 Å². The van der Waals surface area contributed by atoms with Gasteiger partial charge in [-0.05, 0) is 17.5 Å². The van der Waals surface area contributed by atoms with Gasteiger partial charge in [0.15, 0.2) is 0 Å². The first-order valence-corrected chi connectivity index (χ1v) is 5.40. The molecule has 9 nitrogen and oxygen atoms in total. The number of aryl methyl sites for hydroxylation is 2. The van der Waals surface area contributed by atoms with Crippen LogP contribution in [0.5, 0.6) is 0 Å². The van der Waals surface area contributed by atoms with Crippen LogP contribution in [0.3, 0.4) is 0 Å². The van der Waals surface area contributed by atoms with Crippen molar-refractivity contribution in [2.24, 2.45) is 19.2 Å². The van der Waals surface area contributed by atoms with E-state index < -0.39 is 0 Å². The quantitative estimate of drug-likeness (QED) is 0.716. The molecule has 0 bridgehead atoms. The van der Waals surface area contributed by atoms with Crippen molar-refractivity contribution in [3.8, 4) is 0 Å². The minimum atomic E-state index is 0.435. The summed E-state index contributed by atoms with van der Waals surface area (Å²) in [6.07, 6.45) is 4.65. The maximum absolute atomic E-state index is 4.24. The third kappa shape index (κ3) is 1.97. The molecule has 2 aromatic rings. The van der Waals surface area contributed by atoms with Gasteiger partial charge in [0.25, 0.3) is 0 Å². The average Bonchev–Trinajstić information content (AvgIpc) is 3.01. The Labute approximate surface area is 102 Å². The molecule has 94 valence electrons. The van der Waals surface area contributed by atoms with Crippen LogP contribution in [0.15, 0.2) is 23.6 Å². The molecular weight excluding hydrogens is 234 g/mol. The number of hydrogen-bond donors (Lipinski definition) is 1. The molecule has 0 atom stereocenters. The van der Waals surface area contributed by atoms with Gasteiger partial charge in [-0.25, -0.2) is 0 Å². The van der Waals surface area contributed by atoms with E-state index in [-0.39, 0.29) is 0 Å². The highest BCUT2D eigenvalue weighted by Gasteiger charge is 2.01. The maximum atomic E-state index is 4.24. The lowest BCUT2D eigenvalue weighted by Crippen LogP contribution is -2.25. The molecule has 1 N–H and O–H groups in total. The van der Waals surface area contributed by atoms with Crippen LogP contribution in [-0.2, 0) is 20.5 Å². The fourth-order valence-corrected chi connectivity index (χ4v) is 1.64. The fraction of sp³-hybridized carbons (Fsp3) is 0.333. The summed E-state index contributed by atoms with van der Waals surface area (Å²) < 4.78 is 1.98. The molecule has 3 rings (SSSR count). The first-order chi connectivity index (χ1) is 8.70. The van der Waals surface area contributed by atoms with E-state index in [9.17, 15) is 0 Å². The van der Waals surface area contributed by atoms with Crippen LogP contribution in [0.2, 0.25) is 0 Å². The van der Waals surface area contributed by atoms with Crippen molar-refractivity contribution < 1.29 is 0 Å². The summed E-state index contributed by atoms with van der Waals surface area (Å²) in [6.45, 7) is 0. The van der Waals surface area contributed by atoms with Crippen LogP contribution < -0.4 is 10.4 Å². The van der Waals surface area contributed by atoms with Gasteiger partial charge in [-0.2, -0.15) is 5.10 Å². The molecule has 9 heteroatoms. The van der Waals surface area contributed by atoms with Crippen LogP contribution in [0.4, 0.5) is 0 Å². The molecule has 0 unspecified atom stereocenters. The number of rotatable bonds is 2. The lowest BCUT2D eigenvalue weighted by atomic mass is 10.2. The van der Waals surface area contributed by atoms with E-state index in [4.69, 9.17) is 0 Å². The van der Waals surface area contributed by atoms with Crippen LogP contribution in [0.25, 0.3) is 11.0 Å². The predicted octanol–water partition coefficient (Wildman–Crippen LogP) is -0.599. The van der Waals surface area contributed by atoms with Gasteiger partial charge in [0.05, 0.1) is 7.05 Å². The molecule has 0 amide bonds. The number of amidine groups is 1. The van der Waals surface area contributed by atoms with Crippen LogP contribution in [0.1, 0.15) is 5.56 Å². The monoisotopic (exact) mass is 246 g/mol. The Bertz CT molecular complexity index is 655. The number of H-pyrrole nitrogens is 1. The zero-order valence-corrected chi connectivity index (χ0v) is 10.0. The second kappa shape index (κ2) is 4.02. The van der Waals surface area contributed by atoms with E-state index >= 15 is 0 Å². The number of tetrazole rings is 1. The number of aromatic nitrogens is 5. The van der Waals surface area contributed by atoms with E-state index in [1.54, 1.807) is 7.05 Å². The summed E-state index contributed by atoms with van der Waals surface area (Å²) in [5.41, 5.74) is 9.71. The maximum Gasteiger partial charge on any atom is 0.366 e. The van der Waals surface area contributed by atoms with Crippen molar-refractivity contribution >= 4 is 5.84 Å². The molecule has 0 spiro atoms. The Hall–Kier alpha value is -2.58. The summed E-state index contributed by atoms with van der Waals surface area (Å²) in [7, 11) is 3.71. The molecule has 3 heterocycles. The first kappa shape index (κ1) is 10.6. The normalized spacial score (nSPS) is 17.3. The van der Waals surface area contributed by atoms with Crippen molar-refractivity contribution in [3.05, 3.63) is 40.6 Å². The van der Waals surface area contributed by atoms with Gasteiger partial charge >= 0.3 is 5.62 Å². The Kier molecular flexibility index (Phi) is 2.36. The molecule has 0 radical (unpaired) electrons. The molecule has 0 saturated heterocycles. The van der Waals surface area contributed by atoms with E-state index in [1.165, 1.54) is 9.59 Å². The molecule has 18 heavy (non-hydrogen) atoms. The third-order valence-corrected chi connectivity index (χ3v) is 2.44. The summed E-state index contributed by atoms with van der Waals surface area (Å²) in [5, 5.41) is 14.5. The first-order valence-electron chi connectivity index (χ1n) is 5.40. The van der Waals surface area contributed by atoms with Gasteiger partial charge in [0, 0.05) is 36.2 Å². The molecule has 2 aromatic heterocycles. The largest absolute Gasteiger partial charge is 0.533 e. The van der Waals surface area contributed by atoms with Crippen LogP contribution in [0, 0.1) is 0 Å². The minimum Gasteiger partial charge on any atom is -0.533 e. The molecule has 0 aliphatic carbocycles. The second-order valence-electron chi connectivity index (χ2n) is 4.01. The van der Waals surface area contributed by atoms with Crippen LogP contribution in [-0.4, -0.2) is 30.6 Å². The minimum absolute atomic E-state index is 0.435. The van der Waals surface area contributed by atoms with Gasteiger partial charge < -0.3 is 20.3 Å². The Morgan fingerprint density at radius 1 is 1.44 bits per heavy atom. The van der Waals surface area contributed by atoms with E-state index in [0.29, 0.717) is 17.9 Å². The third-order valence-electron chi connectivity index (χ3n) is 2.44. The Morgan fingerprint density at radius 3 is 3.00 bits per heavy atom. The average molecular weight is 246 g/mol. The van der Waals surface area contributed by atoms with E-state index in [0.717, 1.165) is 5.56 Å². The van der Waals surface area contributed by atoms with Crippen LogP contribution >= 0.6 is 0 Å². The molecule has 1 aliphatic heterocycles. The molecule has 0 fully saturated rings. The summed E-state index contributed by atoms with van der Waals surface area (Å²) in [4.78, 5) is 2.79. The number of nitrogens with zero attached hydrogens (tertiary/aromatic N) is 8. The highest BCUT2D eigenvalue weighted by atomic mass is 15.8. The molecule has 1 aliphatic rings. The van der Waals surface area contributed by atoms with Crippen molar-refractivity contribution in [2.45, 2.75) is 6.42 Å². The zero-order chi connectivity index (χ0) is 12.5. The Balaban J connectivity index is 1.75. The van der Waals surface area contributed by atoms with Gasteiger partial charge in [-0.3, -0.25) is 5.10 Å². The number of hydrogen-bond acceptors (Lipinski definition) is 3. The van der Waals surface area contributed by atoms with Crippen molar-refractivity contribution in [2.75, 3.05) is 0 Å². The van der Waals surface area contributed by atoms with Crippen molar-refractivity contribution in [3.63, 3.8) is 0 Å². The summed E-state index contributed by atoms with van der Waals surface area (Å²) >= 11 is 0. The highest BCUT2D eigenvalue weighted by Crippen LogP contribution is 2.12. The lowest BCUT2D eigenvalue weighted by Gasteiger charge is -2.20. The van der Waals surface area contributed by atoms with Gasteiger partial charge in [0.2, 0.25) is 0 Å². The molecule has 0 aromatic carbocycles. The second-order valence-corrected chi connectivity index (χ2v) is 4.01. The zero-order valence-electron chi connectivity index (χ0n) is 10.0. The molecule has 0 saturated carbocycles. The summed E-state index contributed by atoms with van der Waals surface area (Å²) in [6, 6.07) is 2.02. The van der Waals surface area contributed by atoms with Crippen molar-refractivity contribution in [1.29, 1.82) is 0 Å². The standard InChI is InChI=1S/C9H12N9/c1-16-4-3-7(6-16)5-8-10-15-18(12-8)9-11-14-17(2)13-9/h3-4,6,13H,5H2,1-2H3/q-1. The lowest BCUT2D eigenvalue weighted by molar-refractivity contribution is 0.625. The fourth-order valence-electron chi connectivity index (χ4n) is 1.64. The molecular formula is C9H12N9-. The van der Waals surface area contributed by atoms with Gasteiger partial charge in [-0.1, -0.05) is 0 Å². The predicted molar refractivity (Wildman–Crippen MR) is 63.9 cm³/mol. The van der Waals surface area contributed by atoms with Gasteiger partial charge in [0.1, 0.15) is 0 Å². The number of aromatic amines is 1. The summed E-state index contributed by atoms with van der Waals surface area (Å²) in [5.74, 6) is 0.639. The smallest absolute Gasteiger partial charge is 0.366 e. The number of nitrogens with one attached hydrogen (secondary N) is 1. The van der Waals surface area contributed by atoms with E-state index in [2.05, 4.69) is 31.5 Å².